The molecule has 3 aromatic heterocycles. The lowest BCUT2D eigenvalue weighted by atomic mass is 10.2. The van der Waals surface area contributed by atoms with Crippen LogP contribution in [0.5, 0.6) is 0 Å². The molecule has 3 aromatic rings. The molecular formula is C16H15ClN4S. The van der Waals surface area contributed by atoms with E-state index in [2.05, 4.69) is 38.7 Å². The minimum absolute atomic E-state index is 0.359. The van der Waals surface area contributed by atoms with Crippen molar-refractivity contribution in [2.75, 3.05) is 0 Å². The molecule has 0 unspecified atom stereocenters. The molecule has 0 aromatic carbocycles. The number of hydrogen-bond donors (Lipinski definition) is 1. The number of imidazole rings is 1. The molecule has 0 saturated heterocycles. The lowest BCUT2D eigenvalue weighted by Gasteiger charge is -1.93. The fourth-order valence-electron chi connectivity index (χ4n) is 2.05. The number of aromatic nitrogens is 4. The van der Waals surface area contributed by atoms with Gasteiger partial charge in [-0.25, -0.2) is 9.97 Å². The van der Waals surface area contributed by atoms with Crippen LogP contribution in [0, 0.1) is 11.8 Å². The van der Waals surface area contributed by atoms with E-state index >= 15 is 0 Å². The number of nitrogens with zero attached hydrogens (tertiary/aromatic N) is 3. The monoisotopic (exact) mass is 330 g/mol. The second-order valence-corrected chi connectivity index (χ2v) is 6.16. The van der Waals surface area contributed by atoms with E-state index in [1.807, 2.05) is 17.5 Å². The van der Waals surface area contributed by atoms with Gasteiger partial charge >= 0.3 is 0 Å². The molecule has 3 heterocycles. The third kappa shape index (κ3) is 3.29. The summed E-state index contributed by atoms with van der Waals surface area (Å²) in [6, 6.07) is 3.98. The lowest BCUT2D eigenvalue weighted by Crippen LogP contribution is -1.91. The zero-order chi connectivity index (χ0) is 15.4. The zero-order valence-corrected chi connectivity index (χ0v) is 13.8. The molecule has 0 fully saturated rings. The third-order valence-corrected chi connectivity index (χ3v) is 4.32. The summed E-state index contributed by atoms with van der Waals surface area (Å²) in [5, 5.41) is 2.36. The summed E-state index contributed by atoms with van der Waals surface area (Å²) in [5.41, 5.74) is 1.21. The largest absolute Gasteiger partial charge is 0.333 e. The Morgan fingerprint density at radius 1 is 1.27 bits per heavy atom. The van der Waals surface area contributed by atoms with Crippen molar-refractivity contribution in [3.8, 4) is 22.5 Å². The minimum Gasteiger partial charge on any atom is -0.333 e. The van der Waals surface area contributed by atoms with E-state index in [4.69, 9.17) is 11.6 Å². The molecule has 0 radical (unpaired) electrons. The van der Waals surface area contributed by atoms with Gasteiger partial charge in [0.25, 0.3) is 0 Å². The minimum atomic E-state index is 0.359. The van der Waals surface area contributed by atoms with Gasteiger partial charge < -0.3 is 4.98 Å². The van der Waals surface area contributed by atoms with Gasteiger partial charge in [0.05, 0.1) is 4.88 Å². The molecule has 1 N–H and O–H groups in total. The Hall–Kier alpha value is -1.90. The number of fused-ring (bicyclic) bond motifs is 1. The Morgan fingerprint density at radius 3 is 2.95 bits per heavy atom. The lowest BCUT2D eigenvalue weighted by molar-refractivity contribution is 0.737. The summed E-state index contributed by atoms with van der Waals surface area (Å²) >= 11 is 7.82. The van der Waals surface area contributed by atoms with E-state index in [9.17, 15) is 0 Å². The molecule has 0 atom stereocenters. The molecule has 0 amide bonds. The van der Waals surface area contributed by atoms with Crippen molar-refractivity contribution in [3.05, 3.63) is 28.5 Å². The van der Waals surface area contributed by atoms with Crippen LogP contribution >= 0.6 is 22.9 Å². The topological polar surface area (TPSA) is 54.5 Å². The SMILES string of the molecule is CCCCCC#Cc1nc(Cl)c2[nH]c(-c3cccs3)nc2n1. The maximum absolute atomic E-state index is 6.21. The van der Waals surface area contributed by atoms with Gasteiger partial charge in [-0.05, 0) is 23.8 Å². The quantitative estimate of drug-likeness (QED) is 0.430. The number of thiophene rings is 1. The summed E-state index contributed by atoms with van der Waals surface area (Å²) in [6.07, 6.45) is 4.34. The Bertz CT molecular complexity index is 827. The predicted molar refractivity (Wildman–Crippen MR) is 91.0 cm³/mol. The van der Waals surface area contributed by atoms with Crippen LogP contribution in [-0.4, -0.2) is 19.9 Å². The van der Waals surface area contributed by atoms with Gasteiger partial charge in [0.2, 0.25) is 5.82 Å². The van der Waals surface area contributed by atoms with Crippen molar-refractivity contribution in [1.29, 1.82) is 0 Å². The standard InChI is InChI=1S/C16H15ClN4S/c1-2-3-4-5-6-9-12-18-14(17)13-16(19-12)21-15(20-13)11-8-7-10-22-11/h7-8,10H,2-5H2,1H3,(H,18,19,20,21). The highest BCUT2D eigenvalue weighted by atomic mass is 35.5. The number of halogens is 1. The first-order valence-electron chi connectivity index (χ1n) is 7.24. The highest BCUT2D eigenvalue weighted by Gasteiger charge is 2.12. The molecule has 3 rings (SSSR count). The first kappa shape index (κ1) is 15.0. The number of rotatable bonds is 4. The van der Waals surface area contributed by atoms with E-state index in [1.54, 1.807) is 11.3 Å². The van der Waals surface area contributed by atoms with Crippen molar-refractivity contribution in [2.24, 2.45) is 0 Å². The van der Waals surface area contributed by atoms with Gasteiger partial charge in [-0.3, -0.25) is 0 Å². The number of hydrogen-bond acceptors (Lipinski definition) is 4. The molecule has 6 heteroatoms. The summed E-state index contributed by atoms with van der Waals surface area (Å²) < 4.78 is 0. The first-order valence-corrected chi connectivity index (χ1v) is 8.49. The normalized spacial score (nSPS) is 10.6. The van der Waals surface area contributed by atoms with E-state index in [-0.39, 0.29) is 0 Å². The van der Waals surface area contributed by atoms with Gasteiger partial charge in [-0.15, -0.1) is 11.3 Å². The number of H-pyrrole nitrogens is 1. The van der Waals surface area contributed by atoms with Crippen LogP contribution in [-0.2, 0) is 0 Å². The molecule has 4 nitrogen and oxygen atoms in total. The van der Waals surface area contributed by atoms with Crippen molar-refractivity contribution >= 4 is 34.1 Å². The molecular weight excluding hydrogens is 316 g/mol. The Kier molecular flexibility index (Phi) is 4.71. The molecule has 0 spiro atoms. The number of aromatic amines is 1. The van der Waals surface area contributed by atoms with E-state index < -0.39 is 0 Å². The summed E-state index contributed by atoms with van der Waals surface area (Å²) in [6.45, 7) is 2.17. The molecule has 0 bridgehead atoms. The third-order valence-electron chi connectivity index (χ3n) is 3.17. The van der Waals surface area contributed by atoms with E-state index in [1.165, 1.54) is 12.8 Å². The van der Waals surface area contributed by atoms with Crippen molar-refractivity contribution < 1.29 is 0 Å². The van der Waals surface area contributed by atoms with E-state index in [0.717, 1.165) is 23.5 Å². The highest BCUT2D eigenvalue weighted by molar-refractivity contribution is 7.13. The molecule has 112 valence electrons. The van der Waals surface area contributed by atoms with Crippen molar-refractivity contribution in [1.82, 2.24) is 19.9 Å². The van der Waals surface area contributed by atoms with Crippen LogP contribution in [0.15, 0.2) is 17.5 Å². The molecule has 22 heavy (non-hydrogen) atoms. The second kappa shape index (κ2) is 6.91. The predicted octanol–water partition coefficient (Wildman–Crippen LogP) is 4.67. The fraction of sp³-hybridized carbons (Fsp3) is 0.312. The Morgan fingerprint density at radius 2 is 2.18 bits per heavy atom. The summed E-state index contributed by atoms with van der Waals surface area (Å²) in [5.74, 6) is 7.25. The molecule has 0 aliphatic rings. The van der Waals surface area contributed by atoms with Gasteiger partial charge in [0.1, 0.15) is 5.52 Å². The first-order chi connectivity index (χ1) is 10.8. The van der Waals surface area contributed by atoms with Crippen LogP contribution in [0.2, 0.25) is 5.15 Å². The Labute approximate surface area is 138 Å². The summed E-state index contributed by atoms with van der Waals surface area (Å²) in [4.78, 5) is 17.3. The summed E-state index contributed by atoms with van der Waals surface area (Å²) in [7, 11) is 0. The van der Waals surface area contributed by atoms with Crippen LogP contribution in [0.25, 0.3) is 21.9 Å². The highest BCUT2D eigenvalue weighted by Crippen LogP contribution is 2.26. The van der Waals surface area contributed by atoms with Crippen LogP contribution in [0.4, 0.5) is 0 Å². The number of unbranched alkanes of at least 4 members (excludes halogenated alkanes) is 3. The van der Waals surface area contributed by atoms with Gasteiger partial charge in [-0.1, -0.05) is 43.4 Å². The fourth-order valence-corrected chi connectivity index (χ4v) is 2.93. The van der Waals surface area contributed by atoms with Crippen molar-refractivity contribution in [2.45, 2.75) is 32.6 Å². The van der Waals surface area contributed by atoms with Gasteiger partial charge in [0.15, 0.2) is 16.6 Å². The molecule has 0 saturated carbocycles. The second-order valence-electron chi connectivity index (χ2n) is 4.86. The van der Waals surface area contributed by atoms with Gasteiger partial charge in [0, 0.05) is 6.42 Å². The van der Waals surface area contributed by atoms with Crippen LogP contribution < -0.4 is 0 Å². The van der Waals surface area contributed by atoms with Crippen molar-refractivity contribution in [3.63, 3.8) is 0 Å². The van der Waals surface area contributed by atoms with Crippen LogP contribution in [0.1, 0.15) is 38.4 Å². The number of nitrogens with one attached hydrogen (secondary N) is 1. The maximum atomic E-state index is 6.21. The average Bonchev–Trinajstić information content (AvgIpc) is 3.16. The van der Waals surface area contributed by atoms with Crippen LogP contribution in [0.3, 0.4) is 0 Å². The maximum Gasteiger partial charge on any atom is 0.208 e. The molecule has 0 aliphatic carbocycles. The van der Waals surface area contributed by atoms with E-state index in [0.29, 0.717) is 22.1 Å². The van der Waals surface area contributed by atoms with Gasteiger partial charge in [-0.2, -0.15) is 4.98 Å². The average molecular weight is 331 g/mol. The Balaban J connectivity index is 1.88. The smallest absolute Gasteiger partial charge is 0.208 e. The zero-order valence-electron chi connectivity index (χ0n) is 12.2. The molecule has 0 aliphatic heterocycles.